The molecule has 0 spiro atoms. The first-order valence-electron chi connectivity index (χ1n) is 8.80. The molecule has 0 aliphatic heterocycles. The Morgan fingerprint density at radius 1 is 1.23 bits per heavy atom. The second-order valence-corrected chi connectivity index (χ2v) is 6.71. The van der Waals surface area contributed by atoms with Crippen molar-refractivity contribution in [3.8, 4) is 29.0 Å². The summed E-state index contributed by atoms with van der Waals surface area (Å²) in [6, 6.07) is 6.66. The van der Waals surface area contributed by atoms with E-state index in [4.69, 9.17) is 5.73 Å². The van der Waals surface area contributed by atoms with E-state index in [1.54, 1.807) is 0 Å². The number of hydrogen-bond donors (Lipinski definition) is 4. The SMILES string of the molecule is CNC1CCCCC(c2nc(-c3cc(O)ccc3O)nc(N)c2C#N)C1. The van der Waals surface area contributed by atoms with Crippen LogP contribution in [0.4, 0.5) is 5.82 Å². The maximum Gasteiger partial charge on any atom is 0.165 e. The van der Waals surface area contributed by atoms with E-state index in [1.165, 1.54) is 18.2 Å². The third-order valence-electron chi connectivity index (χ3n) is 5.02. The molecule has 1 aromatic carbocycles. The van der Waals surface area contributed by atoms with Crippen LogP contribution in [0, 0.1) is 11.3 Å². The number of aromatic nitrogens is 2. The van der Waals surface area contributed by atoms with Crippen molar-refractivity contribution >= 4 is 5.82 Å². The molecule has 0 amide bonds. The molecule has 26 heavy (non-hydrogen) atoms. The van der Waals surface area contributed by atoms with Crippen LogP contribution < -0.4 is 11.1 Å². The van der Waals surface area contributed by atoms with Crippen LogP contribution in [0.25, 0.3) is 11.4 Å². The van der Waals surface area contributed by atoms with E-state index in [0.29, 0.717) is 22.9 Å². The number of benzene rings is 1. The Morgan fingerprint density at radius 2 is 2.00 bits per heavy atom. The molecule has 7 heteroatoms. The molecule has 1 aliphatic carbocycles. The Bertz CT molecular complexity index is 847. The molecule has 1 aliphatic rings. The van der Waals surface area contributed by atoms with Crippen molar-refractivity contribution < 1.29 is 10.2 Å². The smallest absolute Gasteiger partial charge is 0.165 e. The zero-order chi connectivity index (χ0) is 18.7. The minimum atomic E-state index is -0.0492. The maximum absolute atomic E-state index is 10.1. The minimum Gasteiger partial charge on any atom is -0.508 e. The maximum atomic E-state index is 10.1. The van der Waals surface area contributed by atoms with E-state index in [2.05, 4.69) is 21.4 Å². The molecule has 1 aromatic heterocycles. The van der Waals surface area contributed by atoms with Crippen molar-refractivity contribution in [3.63, 3.8) is 0 Å². The van der Waals surface area contributed by atoms with E-state index in [0.717, 1.165) is 32.1 Å². The lowest BCUT2D eigenvalue weighted by Gasteiger charge is -2.21. The summed E-state index contributed by atoms with van der Waals surface area (Å²) in [7, 11) is 1.95. The van der Waals surface area contributed by atoms with Crippen LogP contribution in [0.3, 0.4) is 0 Å². The molecule has 3 rings (SSSR count). The van der Waals surface area contributed by atoms with Crippen LogP contribution in [0.2, 0.25) is 0 Å². The van der Waals surface area contributed by atoms with Crippen molar-refractivity contribution in [3.05, 3.63) is 29.5 Å². The van der Waals surface area contributed by atoms with Gasteiger partial charge in [0.15, 0.2) is 5.82 Å². The quantitative estimate of drug-likeness (QED) is 0.493. The first-order chi connectivity index (χ1) is 12.5. The molecule has 5 N–H and O–H groups in total. The van der Waals surface area contributed by atoms with Crippen molar-refractivity contribution in [1.29, 1.82) is 5.26 Å². The fourth-order valence-corrected chi connectivity index (χ4v) is 3.60. The van der Waals surface area contributed by atoms with Gasteiger partial charge in [0.1, 0.15) is 28.9 Å². The number of nitrogens with two attached hydrogens (primary N) is 1. The largest absolute Gasteiger partial charge is 0.508 e. The molecule has 0 radical (unpaired) electrons. The molecule has 7 nitrogen and oxygen atoms in total. The van der Waals surface area contributed by atoms with E-state index >= 15 is 0 Å². The lowest BCUT2D eigenvalue weighted by atomic mass is 9.91. The van der Waals surface area contributed by atoms with Gasteiger partial charge in [-0.1, -0.05) is 12.8 Å². The molecule has 1 fully saturated rings. The summed E-state index contributed by atoms with van der Waals surface area (Å²) < 4.78 is 0. The molecule has 2 unspecified atom stereocenters. The highest BCUT2D eigenvalue weighted by Gasteiger charge is 2.26. The van der Waals surface area contributed by atoms with E-state index in [1.807, 2.05) is 7.05 Å². The highest BCUT2D eigenvalue weighted by Crippen LogP contribution is 2.36. The second kappa shape index (κ2) is 7.58. The van der Waals surface area contributed by atoms with Gasteiger partial charge in [0.25, 0.3) is 0 Å². The minimum absolute atomic E-state index is 0.00408. The average molecular weight is 353 g/mol. The van der Waals surface area contributed by atoms with Crippen molar-refractivity contribution in [2.24, 2.45) is 0 Å². The number of nitrogens with zero attached hydrogens (tertiary/aromatic N) is 3. The fraction of sp³-hybridized carbons (Fsp3) is 0.421. The van der Waals surface area contributed by atoms with Gasteiger partial charge in [-0.05, 0) is 44.5 Å². The predicted octanol–water partition coefficient (Wildman–Crippen LogP) is 2.64. The summed E-state index contributed by atoms with van der Waals surface area (Å²) in [4.78, 5) is 8.79. The number of aromatic hydroxyl groups is 2. The molecule has 1 saturated carbocycles. The van der Waals surface area contributed by atoms with Gasteiger partial charge in [0.05, 0.1) is 11.3 Å². The van der Waals surface area contributed by atoms with Gasteiger partial charge in [-0.3, -0.25) is 0 Å². The van der Waals surface area contributed by atoms with Crippen molar-refractivity contribution in [1.82, 2.24) is 15.3 Å². The van der Waals surface area contributed by atoms with Crippen LogP contribution in [0.1, 0.15) is 49.3 Å². The summed E-state index contributed by atoms with van der Waals surface area (Å²) in [5.41, 5.74) is 7.26. The predicted molar refractivity (Wildman–Crippen MR) is 98.6 cm³/mol. The van der Waals surface area contributed by atoms with E-state index < -0.39 is 0 Å². The van der Waals surface area contributed by atoms with Gasteiger partial charge in [0, 0.05) is 12.0 Å². The highest BCUT2D eigenvalue weighted by molar-refractivity contribution is 5.68. The normalized spacial score (nSPS) is 20.3. The van der Waals surface area contributed by atoms with Gasteiger partial charge in [-0.2, -0.15) is 5.26 Å². The van der Waals surface area contributed by atoms with Crippen LogP contribution in [-0.2, 0) is 0 Å². The molecule has 2 atom stereocenters. The number of rotatable bonds is 3. The van der Waals surface area contributed by atoms with Gasteiger partial charge < -0.3 is 21.3 Å². The van der Waals surface area contributed by atoms with Crippen molar-refractivity contribution in [2.75, 3.05) is 12.8 Å². The van der Waals surface area contributed by atoms with Gasteiger partial charge >= 0.3 is 0 Å². The van der Waals surface area contributed by atoms with E-state index in [-0.39, 0.29) is 29.1 Å². The van der Waals surface area contributed by atoms with Crippen LogP contribution >= 0.6 is 0 Å². The Hall–Kier alpha value is -2.85. The van der Waals surface area contributed by atoms with Crippen LogP contribution in [0.5, 0.6) is 11.5 Å². The number of hydrogen-bond acceptors (Lipinski definition) is 7. The Balaban J connectivity index is 2.10. The Morgan fingerprint density at radius 3 is 2.73 bits per heavy atom. The third kappa shape index (κ3) is 3.55. The van der Waals surface area contributed by atoms with E-state index in [9.17, 15) is 15.5 Å². The summed E-state index contributed by atoms with van der Waals surface area (Å²) in [6.07, 6.45) is 5.08. The molecular weight excluding hydrogens is 330 g/mol. The fourth-order valence-electron chi connectivity index (χ4n) is 3.60. The van der Waals surface area contributed by atoms with Gasteiger partial charge in [-0.15, -0.1) is 0 Å². The summed E-state index contributed by atoms with van der Waals surface area (Å²) in [5, 5.41) is 32.8. The molecule has 0 bridgehead atoms. The van der Waals surface area contributed by atoms with Crippen LogP contribution in [-0.4, -0.2) is 33.3 Å². The lowest BCUT2D eigenvalue weighted by Crippen LogP contribution is -2.26. The summed E-state index contributed by atoms with van der Waals surface area (Å²) in [6.45, 7) is 0. The topological polar surface area (TPSA) is 128 Å². The Kier molecular flexibility index (Phi) is 5.24. The number of nitrogens with one attached hydrogen (secondary N) is 1. The monoisotopic (exact) mass is 353 g/mol. The second-order valence-electron chi connectivity index (χ2n) is 6.71. The number of phenols is 2. The number of phenolic OH excluding ortho intramolecular Hbond substituents is 2. The van der Waals surface area contributed by atoms with Crippen molar-refractivity contribution in [2.45, 2.75) is 44.1 Å². The number of nitrogen functional groups attached to an aromatic ring is 1. The first kappa shape index (κ1) is 18.0. The molecule has 136 valence electrons. The average Bonchev–Trinajstić information content (AvgIpc) is 2.88. The third-order valence-corrected chi connectivity index (χ3v) is 5.02. The molecular formula is C19H23N5O2. The van der Waals surface area contributed by atoms with Crippen LogP contribution in [0.15, 0.2) is 18.2 Å². The first-order valence-corrected chi connectivity index (χ1v) is 8.80. The van der Waals surface area contributed by atoms with Gasteiger partial charge in [0.2, 0.25) is 0 Å². The zero-order valence-electron chi connectivity index (χ0n) is 14.7. The lowest BCUT2D eigenvalue weighted by molar-refractivity contribution is 0.460. The Labute approximate surface area is 152 Å². The standard InChI is InChI=1S/C19H23N5O2/c1-22-12-5-3-2-4-11(8-12)17-15(10-20)18(21)24-19(23-17)14-9-13(25)6-7-16(14)26/h6-7,9,11-12,22,25-26H,2-5,8H2,1H3,(H2,21,23,24). The molecule has 0 saturated heterocycles. The highest BCUT2D eigenvalue weighted by atomic mass is 16.3. The van der Waals surface area contributed by atoms with Gasteiger partial charge in [-0.25, -0.2) is 9.97 Å². The summed E-state index contributed by atoms with van der Waals surface area (Å²) in [5.74, 6) is 0.353. The molecule has 2 aromatic rings. The molecule has 1 heterocycles. The zero-order valence-corrected chi connectivity index (χ0v) is 14.7. The number of anilines is 1. The number of nitriles is 1. The summed E-state index contributed by atoms with van der Waals surface area (Å²) >= 11 is 0.